The van der Waals surface area contributed by atoms with Gasteiger partial charge in [0.15, 0.2) is 8.32 Å². The number of nitriles is 1. The van der Waals surface area contributed by atoms with Gasteiger partial charge in [-0.3, -0.25) is 0 Å². The maximum Gasteiger partial charge on any atom is 0.416 e. The van der Waals surface area contributed by atoms with Crippen LogP contribution in [-0.2, 0) is 17.2 Å². The number of pyridine rings is 2. The Morgan fingerprint density at radius 1 is 1.03 bits per heavy atom. The van der Waals surface area contributed by atoms with Crippen molar-refractivity contribution in [2.45, 2.75) is 51.7 Å². The molecule has 0 atom stereocenters. The van der Waals surface area contributed by atoms with Gasteiger partial charge in [0.05, 0.1) is 35.2 Å². The highest BCUT2D eigenvalue weighted by Crippen LogP contribution is 2.38. The lowest BCUT2D eigenvalue weighted by molar-refractivity contribution is -0.137. The molecular formula is C28H29F3N4OSi. The van der Waals surface area contributed by atoms with Crippen molar-refractivity contribution in [2.24, 2.45) is 0 Å². The zero-order valence-corrected chi connectivity index (χ0v) is 22.4. The van der Waals surface area contributed by atoms with E-state index in [0.717, 1.165) is 28.9 Å². The minimum atomic E-state index is -4.41. The minimum absolute atomic E-state index is 0.0457. The van der Waals surface area contributed by atoms with E-state index in [9.17, 15) is 18.4 Å². The summed E-state index contributed by atoms with van der Waals surface area (Å²) in [6.07, 6.45) is -2.48. The normalized spacial score (nSPS) is 12.5. The van der Waals surface area contributed by atoms with Crippen molar-refractivity contribution in [1.82, 2.24) is 9.38 Å². The Hall–Kier alpha value is -3.61. The standard InChI is InChI=1S/C28H29F3N4OSi/c1-27(2,3)37(4,5)36-18-20-16-23-8-6-7-13-35(23)26(20)24-14-19(17-32)15-25(34-24)33-22-11-9-21(10-12-22)28(29,30)31/h6-16H,18H2,1-5H3,(H,33,34). The van der Waals surface area contributed by atoms with Crippen LogP contribution in [0, 0.1) is 11.3 Å². The Kier molecular flexibility index (Phi) is 6.93. The van der Waals surface area contributed by atoms with E-state index in [1.807, 2.05) is 28.8 Å². The highest BCUT2D eigenvalue weighted by Gasteiger charge is 2.37. The third-order valence-corrected chi connectivity index (χ3v) is 11.3. The molecule has 1 aromatic carbocycles. The second kappa shape index (κ2) is 9.69. The summed E-state index contributed by atoms with van der Waals surface area (Å²) in [5.74, 6) is 0.357. The minimum Gasteiger partial charge on any atom is -0.412 e. The summed E-state index contributed by atoms with van der Waals surface area (Å²) in [7, 11) is -2.03. The van der Waals surface area contributed by atoms with Gasteiger partial charge in [0.1, 0.15) is 5.82 Å². The molecule has 3 heterocycles. The van der Waals surface area contributed by atoms with E-state index >= 15 is 0 Å². The summed E-state index contributed by atoms with van der Waals surface area (Å²) in [6, 6.07) is 18.1. The van der Waals surface area contributed by atoms with E-state index in [1.165, 1.54) is 12.1 Å². The van der Waals surface area contributed by atoms with Gasteiger partial charge in [0.25, 0.3) is 0 Å². The van der Waals surface area contributed by atoms with Gasteiger partial charge in [0.2, 0.25) is 0 Å². The van der Waals surface area contributed by atoms with Crippen LogP contribution < -0.4 is 5.32 Å². The van der Waals surface area contributed by atoms with E-state index in [1.54, 1.807) is 12.1 Å². The van der Waals surface area contributed by atoms with Gasteiger partial charge in [-0.05, 0) is 72.7 Å². The molecule has 192 valence electrons. The Morgan fingerprint density at radius 2 is 1.73 bits per heavy atom. The maximum absolute atomic E-state index is 12.9. The second-order valence-electron chi connectivity index (χ2n) is 10.5. The predicted molar refractivity (Wildman–Crippen MR) is 142 cm³/mol. The van der Waals surface area contributed by atoms with E-state index < -0.39 is 20.1 Å². The predicted octanol–water partition coefficient (Wildman–Crippen LogP) is 8.16. The van der Waals surface area contributed by atoms with Crippen molar-refractivity contribution in [3.63, 3.8) is 0 Å². The smallest absolute Gasteiger partial charge is 0.412 e. The van der Waals surface area contributed by atoms with Gasteiger partial charge in [-0.25, -0.2) is 4.98 Å². The van der Waals surface area contributed by atoms with Crippen molar-refractivity contribution in [3.8, 4) is 17.5 Å². The summed E-state index contributed by atoms with van der Waals surface area (Å²) in [6.45, 7) is 11.4. The Balaban J connectivity index is 1.75. The molecule has 37 heavy (non-hydrogen) atoms. The van der Waals surface area contributed by atoms with Crippen LogP contribution in [0.2, 0.25) is 18.1 Å². The van der Waals surface area contributed by atoms with Crippen LogP contribution >= 0.6 is 0 Å². The van der Waals surface area contributed by atoms with Crippen molar-refractivity contribution < 1.29 is 17.6 Å². The molecule has 0 saturated heterocycles. The van der Waals surface area contributed by atoms with Crippen LogP contribution in [0.5, 0.6) is 0 Å². The molecule has 9 heteroatoms. The van der Waals surface area contributed by atoms with Gasteiger partial charge in [0, 0.05) is 23.0 Å². The molecule has 1 N–H and O–H groups in total. The van der Waals surface area contributed by atoms with Gasteiger partial charge in [-0.1, -0.05) is 26.8 Å². The quantitative estimate of drug-likeness (QED) is 0.260. The number of anilines is 2. The second-order valence-corrected chi connectivity index (χ2v) is 15.3. The molecule has 0 amide bonds. The number of nitrogens with one attached hydrogen (secondary N) is 1. The summed E-state index contributed by atoms with van der Waals surface area (Å²) in [5.41, 5.74) is 3.36. The van der Waals surface area contributed by atoms with Crippen molar-refractivity contribution in [2.75, 3.05) is 5.32 Å². The Bertz CT molecular complexity index is 1460. The zero-order chi connectivity index (χ0) is 27.0. The average Bonchev–Trinajstić information content (AvgIpc) is 3.20. The molecule has 0 spiro atoms. The summed E-state index contributed by atoms with van der Waals surface area (Å²) < 4.78 is 47.4. The zero-order valence-electron chi connectivity index (χ0n) is 21.4. The third kappa shape index (κ3) is 5.71. The monoisotopic (exact) mass is 522 g/mol. The van der Waals surface area contributed by atoms with Gasteiger partial charge >= 0.3 is 6.18 Å². The van der Waals surface area contributed by atoms with Crippen LogP contribution in [0.3, 0.4) is 0 Å². The van der Waals surface area contributed by atoms with E-state index in [-0.39, 0.29) is 5.04 Å². The summed E-state index contributed by atoms with van der Waals surface area (Å²) in [4.78, 5) is 4.74. The van der Waals surface area contributed by atoms with Gasteiger partial charge in [-0.2, -0.15) is 18.4 Å². The molecule has 0 fully saturated rings. The molecular weight excluding hydrogens is 493 g/mol. The largest absolute Gasteiger partial charge is 0.416 e. The fourth-order valence-corrected chi connectivity index (χ4v) is 4.67. The lowest BCUT2D eigenvalue weighted by Crippen LogP contribution is -2.40. The number of halogens is 3. The first-order valence-corrected chi connectivity index (χ1v) is 14.8. The topological polar surface area (TPSA) is 62.4 Å². The van der Waals surface area contributed by atoms with Crippen LogP contribution in [0.25, 0.3) is 16.9 Å². The molecule has 0 aliphatic rings. The third-order valence-electron chi connectivity index (χ3n) is 6.83. The molecule has 3 aromatic heterocycles. The van der Waals surface area contributed by atoms with E-state index in [4.69, 9.17) is 9.41 Å². The van der Waals surface area contributed by atoms with Crippen LogP contribution in [0.1, 0.15) is 37.5 Å². The van der Waals surface area contributed by atoms with Crippen molar-refractivity contribution in [1.29, 1.82) is 5.26 Å². The van der Waals surface area contributed by atoms with Crippen molar-refractivity contribution >= 4 is 25.3 Å². The number of benzene rings is 1. The van der Waals surface area contributed by atoms with Gasteiger partial charge < -0.3 is 14.1 Å². The first kappa shape index (κ1) is 26.4. The Labute approximate surface area is 215 Å². The molecule has 0 aliphatic heterocycles. The van der Waals surface area contributed by atoms with Crippen LogP contribution in [0.15, 0.2) is 66.9 Å². The molecule has 5 nitrogen and oxygen atoms in total. The molecule has 0 unspecified atom stereocenters. The molecule has 0 aliphatic carbocycles. The van der Waals surface area contributed by atoms with Crippen LogP contribution in [-0.4, -0.2) is 17.7 Å². The number of rotatable bonds is 6. The molecule has 0 bridgehead atoms. The van der Waals surface area contributed by atoms with E-state index in [2.05, 4.69) is 51.3 Å². The average molecular weight is 523 g/mol. The van der Waals surface area contributed by atoms with Crippen LogP contribution in [0.4, 0.5) is 24.7 Å². The maximum atomic E-state index is 12.9. The SMILES string of the molecule is CC(C)(C)[Si](C)(C)OCc1cc2ccccn2c1-c1cc(C#N)cc(Nc2ccc(C(F)(F)F)cc2)n1. The summed E-state index contributed by atoms with van der Waals surface area (Å²) >= 11 is 0. The van der Waals surface area contributed by atoms with E-state index in [0.29, 0.717) is 29.4 Å². The lowest BCUT2D eigenvalue weighted by Gasteiger charge is -2.36. The number of fused-ring (bicyclic) bond motifs is 1. The summed E-state index contributed by atoms with van der Waals surface area (Å²) in [5, 5.41) is 12.8. The Morgan fingerprint density at radius 3 is 2.35 bits per heavy atom. The first-order valence-electron chi connectivity index (χ1n) is 11.9. The first-order chi connectivity index (χ1) is 17.3. The number of alkyl halides is 3. The number of hydrogen-bond donors (Lipinski definition) is 1. The number of nitrogens with zero attached hydrogens (tertiary/aromatic N) is 3. The fourth-order valence-electron chi connectivity index (χ4n) is 3.72. The molecule has 0 saturated carbocycles. The van der Waals surface area contributed by atoms with Crippen molar-refractivity contribution in [3.05, 3.63) is 83.6 Å². The molecule has 4 aromatic rings. The number of hydrogen-bond acceptors (Lipinski definition) is 4. The molecule has 4 rings (SSSR count). The van der Waals surface area contributed by atoms with Gasteiger partial charge in [-0.15, -0.1) is 0 Å². The highest BCUT2D eigenvalue weighted by molar-refractivity contribution is 6.74. The fraction of sp³-hybridized carbons (Fsp3) is 0.286. The number of aromatic nitrogens is 2. The highest BCUT2D eigenvalue weighted by atomic mass is 28.4. The molecule has 0 radical (unpaired) electrons. The lowest BCUT2D eigenvalue weighted by atomic mass is 10.1.